The number of hydrogen-bond acceptors (Lipinski definition) is 3. The van der Waals surface area contributed by atoms with E-state index in [2.05, 4.69) is 33.7 Å². The Morgan fingerprint density at radius 1 is 1.08 bits per heavy atom. The Kier molecular flexibility index (Phi) is 4.06. The standard InChI is InChI=1S/C20H19N3O2/c24-19(21-12-14-5-1-2-6-15(14)13-9-10-13)11-18-16-7-3-4-8-17(16)20(25)23-22-18/h1-8,13H,9-12H2,(H,21,24)(H,23,25). The molecule has 3 aromatic rings. The second kappa shape index (κ2) is 6.51. The number of carbonyl (C=O) groups excluding carboxylic acids is 1. The number of benzene rings is 2. The molecule has 1 saturated carbocycles. The van der Waals surface area contributed by atoms with Gasteiger partial charge in [0.2, 0.25) is 5.91 Å². The summed E-state index contributed by atoms with van der Waals surface area (Å²) in [5, 5.41) is 10.8. The lowest BCUT2D eigenvalue weighted by molar-refractivity contribution is -0.120. The van der Waals surface area contributed by atoms with Crippen molar-refractivity contribution in [3.05, 3.63) is 75.7 Å². The minimum Gasteiger partial charge on any atom is -0.352 e. The molecule has 2 aromatic carbocycles. The zero-order valence-corrected chi connectivity index (χ0v) is 13.8. The van der Waals surface area contributed by atoms with Crippen molar-refractivity contribution in [1.82, 2.24) is 15.5 Å². The number of nitrogens with one attached hydrogen (secondary N) is 2. The molecule has 1 aliphatic carbocycles. The van der Waals surface area contributed by atoms with Crippen molar-refractivity contribution >= 4 is 16.7 Å². The first kappa shape index (κ1) is 15.6. The SMILES string of the molecule is O=C(Cc1n[nH]c(=O)c2ccccc12)NCc1ccccc1C1CC1. The Balaban J connectivity index is 1.48. The van der Waals surface area contributed by atoms with E-state index in [4.69, 9.17) is 0 Å². The lowest BCUT2D eigenvalue weighted by Gasteiger charge is -2.10. The number of carbonyl (C=O) groups is 1. The van der Waals surface area contributed by atoms with Crippen molar-refractivity contribution in [3.8, 4) is 0 Å². The topological polar surface area (TPSA) is 74.8 Å². The van der Waals surface area contributed by atoms with E-state index in [0.29, 0.717) is 23.5 Å². The molecule has 4 rings (SSSR count). The van der Waals surface area contributed by atoms with Crippen molar-refractivity contribution in [2.24, 2.45) is 0 Å². The van der Waals surface area contributed by atoms with Crippen LogP contribution in [0.25, 0.3) is 10.8 Å². The molecule has 0 unspecified atom stereocenters. The van der Waals surface area contributed by atoms with Gasteiger partial charge in [0.1, 0.15) is 0 Å². The number of fused-ring (bicyclic) bond motifs is 1. The Hall–Kier alpha value is -2.95. The summed E-state index contributed by atoms with van der Waals surface area (Å²) < 4.78 is 0. The first-order valence-electron chi connectivity index (χ1n) is 8.53. The third-order valence-electron chi connectivity index (χ3n) is 4.65. The largest absolute Gasteiger partial charge is 0.352 e. The van der Waals surface area contributed by atoms with Crippen LogP contribution in [-0.4, -0.2) is 16.1 Å². The number of aromatic nitrogens is 2. The molecule has 1 aromatic heterocycles. The molecule has 1 heterocycles. The summed E-state index contributed by atoms with van der Waals surface area (Å²) in [7, 11) is 0. The molecular weight excluding hydrogens is 314 g/mol. The van der Waals surface area contributed by atoms with E-state index < -0.39 is 0 Å². The van der Waals surface area contributed by atoms with Crippen molar-refractivity contribution < 1.29 is 4.79 Å². The van der Waals surface area contributed by atoms with Crippen molar-refractivity contribution in [2.75, 3.05) is 0 Å². The number of amides is 1. The van der Waals surface area contributed by atoms with Crippen LogP contribution in [0.2, 0.25) is 0 Å². The summed E-state index contributed by atoms with van der Waals surface area (Å²) in [5.41, 5.74) is 2.87. The normalized spacial score (nSPS) is 13.8. The van der Waals surface area contributed by atoms with Crippen LogP contribution in [0.3, 0.4) is 0 Å². The van der Waals surface area contributed by atoms with Gasteiger partial charge < -0.3 is 5.32 Å². The van der Waals surface area contributed by atoms with Gasteiger partial charge in [-0.15, -0.1) is 0 Å². The van der Waals surface area contributed by atoms with Crippen LogP contribution in [-0.2, 0) is 17.8 Å². The lowest BCUT2D eigenvalue weighted by atomic mass is 10.0. The monoisotopic (exact) mass is 333 g/mol. The van der Waals surface area contributed by atoms with Gasteiger partial charge in [0.15, 0.2) is 0 Å². The summed E-state index contributed by atoms with van der Waals surface area (Å²) in [6.45, 7) is 0.521. The van der Waals surface area contributed by atoms with E-state index in [-0.39, 0.29) is 17.9 Å². The highest BCUT2D eigenvalue weighted by Crippen LogP contribution is 2.41. The van der Waals surface area contributed by atoms with Crippen LogP contribution < -0.4 is 10.9 Å². The third kappa shape index (κ3) is 3.31. The summed E-state index contributed by atoms with van der Waals surface area (Å²) in [4.78, 5) is 24.2. The minimum absolute atomic E-state index is 0.102. The quantitative estimate of drug-likeness (QED) is 0.754. The van der Waals surface area contributed by atoms with E-state index in [0.717, 1.165) is 5.39 Å². The number of aromatic amines is 1. The molecule has 5 nitrogen and oxygen atoms in total. The van der Waals surface area contributed by atoms with Crippen LogP contribution in [0.1, 0.15) is 35.6 Å². The molecule has 0 bridgehead atoms. The lowest BCUT2D eigenvalue weighted by Crippen LogP contribution is -2.26. The molecule has 25 heavy (non-hydrogen) atoms. The molecule has 5 heteroatoms. The van der Waals surface area contributed by atoms with Gasteiger partial charge >= 0.3 is 0 Å². The molecule has 1 amide bonds. The minimum atomic E-state index is -0.238. The molecule has 0 aliphatic heterocycles. The van der Waals surface area contributed by atoms with Gasteiger partial charge in [-0.1, -0.05) is 42.5 Å². The summed E-state index contributed by atoms with van der Waals surface area (Å²) in [5.74, 6) is 0.549. The van der Waals surface area contributed by atoms with Gasteiger partial charge in [-0.25, -0.2) is 5.10 Å². The van der Waals surface area contributed by atoms with Crippen LogP contribution in [0.5, 0.6) is 0 Å². The molecule has 0 atom stereocenters. The predicted octanol–water partition coefficient (Wildman–Crippen LogP) is 2.66. The van der Waals surface area contributed by atoms with Gasteiger partial charge in [0.25, 0.3) is 5.56 Å². The highest BCUT2D eigenvalue weighted by atomic mass is 16.1. The second-order valence-electron chi connectivity index (χ2n) is 6.47. The van der Waals surface area contributed by atoms with E-state index >= 15 is 0 Å². The molecule has 1 aliphatic rings. The fourth-order valence-corrected chi connectivity index (χ4v) is 3.20. The van der Waals surface area contributed by atoms with E-state index in [1.54, 1.807) is 12.1 Å². The van der Waals surface area contributed by atoms with E-state index in [1.165, 1.54) is 24.0 Å². The highest BCUT2D eigenvalue weighted by molar-refractivity contribution is 5.88. The maximum Gasteiger partial charge on any atom is 0.272 e. The van der Waals surface area contributed by atoms with Crippen molar-refractivity contribution in [2.45, 2.75) is 31.7 Å². The van der Waals surface area contributed by atoms with Crippen LogP contribution in [0.4, 0.5) is 0 Å². The third-order valence-corrected chi connectivity index (χ3v) is 4.65. The second-order valence-corrected chi connectivity index (χ2v) is 6.47. The Labute approximate surface area is 145 Å². The molecule has 0 saturated heterocycles. The van der Waals surface area contributed by atoms with Gasteiger partial charge in [0.05, 0.1) is 17.5 Å². The Morgan fingerprint density at radius 2 is 1.80 bits per heavy atom. The molecule has 0 spiro atoms. The number of rotatable bonds is 5. The van der Waals surface area contributed by atoms with E-state index in [1.807, 2.05) is 18.2 Å². The molecule has 126 valence electrons. The van der Waals surface area contributed by atoms with Crippen LogP contribution in [0, 0.1) is 0 Å². The smallest absolute Gasteiger partial charge is 0.272 e. The first-order chi connectivity index (χ1) is 12.2. The number of hydrogen-bond donors (Lipinski definition) is 2. The van der Waals surface area contributed by atoms with Crippen LogP contribution >= 0.6 is 0 Å². The molecular formula is C20H19N3O2. The van der Waals surface area contributed by atoms with E-state index in [9.17, 15) is 9.59 Å². The average Bonchev–Trinajstić information content (AvgIpc) is 3.48. The Morgan fingerprint density at radius 3 is 2.60 bits per heavy atom. The number of H-pyrrole nitrogens is 1. The maximum atomic E-state index is 12.4. The number of nitrogens with zero attached hydrogens (tertiary/aromatic N) is 1. The summed E-state index contributed by atoms with van der Waals surface area (Å²) in [6.07, 6.45) is 2.61. The maximum absolute atomic E-state index is 12.4. The zero-order chi connectivity index (χ0) is 17.2. The molecule has 0 radical (unpaired) electrons. The first-order valence-corrected chi connectivity index (χ1v) is 8.53. The van der Waals surface area contributed by atoms with Gasteiger partial charge in [0, 0.05) is 11.9 Å². The fourth-order valence-electron chi connectivity index (χ4n) is 3.20. The van der Waals surface area contributed by atoms with Gasteiger partial charge in [-0.3, -0.25) is 9.59 Å². The fraction of sp³-hybridized carbons (Fsp3) is 0.250. The highest BCUT2D eigenvalue weighted by Gasteiger charge is 2.25. The van der Waals surface area contributed by atoms with Crippen molar-refractivity contribution in [1.29, 1.82) is 0 Å². The zero-order valence-electron chi connectivity index (χ0n) is 13.8. The summed E-state index contributed by atoms with van der Waals surface area (Å²) in [6, 6.07) is 15.5. The van der Waals surface area contributed by atoms with Crippen LogP contribution in [0.15, 0.2) is 53.3 Å². The predicted molar refractivity (Wildman–Crippen MR) is 96.3 cm³/mol. The Bertz CT molecular complexity index is 989. The van der Waals surface area contributed by atoms with Gasteiger partial charge in [-0.2, -0.15) is 5.10 Å². The summed E-state index contributed by atoms with van der Waals surface area (Å²) >= 11 is 0. The molecule has 2 N–H and O–H groups in total. The van der Waals surface area contributed by atoms with Crippen molar-refractivity contribution in [3.63, 3.8) is 0 Å². The van der Waals surface area contributed by atoms with Gasteiger partial charge in [-0.05, 0) is 36.0 Å². The average molecular weight is 333 g/mol. The molecule has 1 fully saturated rings.